The van der Waals surface area contributed by atoms with Crippen molar-refractivity contribution in [2.45, 2.75) is 13.0 Å². The van der Waals surface area contributed by atoms with Gasteiger partial charge in [-0.3, -0.25) is 14.9 Å². The number of rotatable bonds is 3. The summed E-state index contributed by atoms with van der Waals surface area (Å²) >= 11 is 3.26. The smallest absolute Gasteiger partial charge is 0.259 e. The molecule has 1 aliphatic heterocycles. The van der Waals surface area contributed by atoms with E-state index in [0.29, 0.717) is 15.8 Å². The molecule has 0 fully saturated rings. The Morgan fingerprint density at radius 3 is 2.60 bits per heavy atom. The van der Waals surface area contributed by atoms with Gasteiger partial charge in [-0.25, -0.2) is 0 Å². The molecule has 2 amide bonds. The molecular formula is C14H11BrN2O3. The van der Waals surface area contributed by atoms with E-state index in [9.17, 15) is 9.59 Å². The van der Waals surface area contributed by atoms with Crippen molar-refractivity contribution in [1.82, 2.24) is 5.32 Å². The van der Waals surface area contributed by atoms with Crippen LogP contribution in [0.25, 0.3) is 0 Å². The SMILES string of the molecule is CC(Nc1ccc2c(c1)C(=O)NC2=O)c1ccc(Br)o1. The minimum absolute atomic E-state index is 0.0560. The molecule has 2 N–H and O–H groups in total. The number of hydrogen-bond donors (Lipinski definition) is 2. The summed E-state index contributed by atoms with van der Waals surface area (Å²) in [6, 6.07) is 8.71. The molecule has 0 radical (unpaired) electrons. The van der Waals surface area contributed by atoms with Gasteiger partial charge in [-0.05, 0) is 53.2 Å². The van der Waals surface area contributed by atoms with Crippen LogP contribution in [0.2, 0.25) is 0 Å². The zero-order valence-electron chi connectivity index (χ0n) is 10.6. The molecular weight excluding hydrogens is 324 g/mol. The van der Waals surface area contributed by atoms with Crippen LogP contribution in [-0.2, 0) is 0 Å². The van der Waals surface area contributed by atoms with E-state index in [1.165, 1.54) is 0 Å². The van der Waals surface area contributed by atoms with Crippen molar-refractivity contribution >= 4 is 33.4 Å². The maximum absolute atomic E-state index is 11.6. The summed E-state index contributed by atoms with van der Waals surface area (Å²) in [5.74, 6) is 0.0690. The molecule has 1 aromatic heterocycles. The molecule has 2 aromatic rings. The van der Waals surface area contributed by atoms with Gasteiger partial charge in [0.1, 0.15) is 5.76 Å². The van der Waals surface area contributed by atoms with Gasteiger partial charge in [0.05, 0.1) is 17.2 Å². The lowest BCUT2D eigenvalue weighted by Gasteiger charge is -2.13. The Morgan fingerprint density at radius 1 is 1.15 bits per heavy atom. The molecule has 102 valence electrons. The van der Waals surface area contributed by atoms with E-state index in [1.807, 2.05) is 19.1 Å². The van der Waals surface area contributed by atoms with E-state index in [1.54, 1.807) is 18.2 Å². The molecule has 20 heavy (non-hydrogen) atoms. The molecule has 6 heteroatoms. The average molecular weight is 335 g/mol. The number of carbonyl (C=O) groups is 2. The number of hydrogen-bond acceptors (Lipinski definition) is 4. The number of furan rings is 1. The Hall–Kier alpha value is -2.08. The van der Waals surface area contributed by atoms with Crippen LogP contribution in [0.15, 0.2) is 39.4 Å². The Kier molecular flexibility index (Phi) is 3.10. The van der Waals surface area contributed by atoms with Gasteiger partial charge in [0.15, 0.2) is 4.67 Å². The van der Waals surface area contributed by atoms with E-state index >= 15 is 0 Å². The third-order valence-corrected chi connectivity index (χ3v) is 3.57. The predicted molar refractivity (Wildman–Crippen MR) is 76.7 cm³/mol. The van der Waals surface area contributed by atoms with Crippen molar-refractivity contribution < 1.29 is 14.0 Å². The normalized spacial score (nSPS) is 14.9. The van der Waals surface area contributed by atoms with Gasteiger partial charge >= 0.3 is 0 Å². The van der Waals surface area contributed by atoms with Crippen LogP contribution in [0.3, 0.4) is 0 Å². The van der Waals surface area contributed by atoms with Crippen LogP contribution in [-0.4, -0.2) is 11.8 Å². The van der Waals surface area contributed by atoms with Crippen molar-refractivity contribution in [3.63, 3.8) is 0 Å². The lowest BCUT2D eigenvalue weighted by atomic mass is 10.1. The number of amides is 2. The van der Waals surface area contributed by atoms with Crippen molar-refractivity contribution in [2.24, 2.45) is 0 Å². The maximum atomic E-state index is 11.6. The largest absolute Gasteiger partial charge is 0.452 e. The molecule has 3 rings (SSSR count). The van der Waals surface area contributed by atoms with Crippen LogP contribution in [0.4, 0.5) is 5.69 Å². The van der Waals surface area contributed by atoms with Crippen molar-refractivity contribution in [1.29, 1.82) is 0 Å². The van der Waals surface area contributed by atoms with E-state index in [-0.39, 0.29) is 17.9 Å². The van der Waals surface area contributed by atoms with E-state index in [4.69, 9.17) is 4.42 Å². The van der Waals surface area contributed by atoms with Gasteiger partial charge in [0.25, 0.3) is 11.8 Å². The maximum Gasteiger partial charge on any atom is 0.259 e. The fourth-order valence-electron chi connectivity index (χ4n) is 2.14. The first kappa shape index (κ1) is 12.9. The molecule has 1 aliphatic rings. The first-order valence-electron chi connectivity index (χ1n) is 6.06. The summed E-state index contributed by atoms with van der Waals surface area (Å²) in [5, 5.41) is 5.50. The monoisotopic (exact) mass is 334 g/mol. The molecule has 0 saturated carbocycles. The molecule has 0 aliphatic carbocycles. The first-order valence-corrected chi connectivity index (χ1v) is 6.85. The molecule has 1 aromatic carbocycles. The van der Waals surface area contributed by atoms with Crippen molar-refractivity contribution in [2.75, 3.05) is 5.32 Å². The number of nitrogens with one attached hydrogen (secondary N) is 2. The van der Waals surface area contributed by atoms with Crippen LogP contribution in [0.5, 0.6) is 0 Å². The third kappa shape index (κ3) is 2.22. The highest BCUT2D eigenvalue weighted by Crippen LogP contribution is 2.26. The number of fused-ring (bicyclic) bond motifs is 1. The first-order chi connectivity index (χ1) is 9.54. The summed E-state index contributed by atoms with van der Waals surface area (Å²) < 4.78 is 6.14. The topological polar surface area (TPSA) is 71.3 Å². The highest BCUT2D eigenvalue weighted by Gasteiger charge is 2.26. The Labute approximate surface area is 123 Å². The highest BCUT2D eigenvalue weighted by atomic mass is 79.9. The number of halogens is 1. The predicted octanol–water partition coefficient (Wildman–Crippen LogP) is 3.10. The van der Waals surface area contributed by atoms with Crippen LogP contribution in [0, 0.1) is 0 Å². The lowest BCUT2D eigenvalue weighted by molar-refractivity contribution is 0.0879. The van der Waals surface area contributed by atoms with Crippen LogP contribution >= 0.6 is 15.9 Å². The quantitative estimate of drug-likeness (QED) is 0.846. The molecule has 2 heterocycles. The minimum atomic E-state index is -0.359. The van der Waals surface area contributed by atoms with Gasteiger partial charge in [-0.1, -0.05) is 0 Å². The van der Waals surface area contributed by atoms with Crippen LogP contribution in [0.1, 0.15) is 39.4 Å². The molecule has 0 saturated heterocycles. The lowest BCUT2D eigenvalue weighted by Crippen LogP contribution is -2.19. The Balaban J connectivity index is 1.84. The second kappa shape index (κ2) is 4.79. The van der Waals surface area contributed by atoms with Gasteiger partial charge in [0.2, 0.25) is 0 Å². The van der Waals surface area contributed by atoms with Gasteiger partial charge < -0.3 is 9.73 Å². The van der Waals surface area contributed by atoms with Crippen molar-refractivity contribution in [3.8, 4) is 0 Å². The van der Waals surface area contributed by atoms with Gasteiger partial charge in [-0.2, -0.15) is 0 Å². The summed E-state index contributed by atoms with van der Waals surface area (Å²) in [4.78, 5) is 23.1. The number of benzene rings is 1. The van der Waals surface area contributed by atoms with Gasteiger partial charge in [-0.15, -0.1) is 0 Å². The second-order valence-corrected chi connectivity index (χ2v) is 5.33. The Morgan fingerprint density at radius 2 is 1.90 bits per heavy atom. The summed E-state index contributed by atoms with van der Waals surface area (Å²) in [5.41, 5.74) is 1.57. The fourth-order valence-corrected chi connectivity index (χ4v) is 2.46. The number of anilines is 1. The number of carbonyl (C=O) groups excluding carboxylic acids is 2. The van der Waals surface area contributed by atoms with E-state index in [0.717, 1.165) is 11.4 Å². The average Bonchev–Trinajstić information content (AvgIpc) is 2.95. The number of imide groups is 1. The minimum Gasteiger partial charge on any atom is -0.452 e. The molecule has 0 spiro atoms. The Bertz CT molecular complexity index is 708. The third-order valence-electron chi connectivity index (χ3n) is 3.14. The fraction of sp³-hybridized carbons (Fsp3) is 0.143. The molecule has 0 bridgehead atoms. The molecule has 1 atom stereocenters. The summed E-state index contributed by atoms with van der Waals surface area (Å²) in [6.45, 7) is 1.95. The molecule has 1 unspecified atom stereocenters. The highest BCUT2D eigenvalue weighted by molar-refractivity contribution is 9.10. The van der Waals surface area contributed by atoms with Crippen molar-refractivity contribution in [3.05, 3.63) is 51.9 Å². The summed E-state index contributed by atoms with van der Waals surface area (Å²) in [6.07, 6.45) is 0. The second-order valence-electron chi connectivity index (χ2n) is 4.55. The molecule has 5 nitrogen and oxygen atoms in total. The van der Waals surface area contributed by atoms with E-state index < -0.39 is 0 Å². The zero-order chi connectivity index (χ0) is 14.3. The zero-order valence-corrected chi connectivity index (χ0v) is 12.2. The standard InChI is InChI=1S/C14H11BrN2O3/c1-7(11-4-5-12(15)20-11)16-8-2-3-9-10(6-8)14(19)17-13(9)18/h2-7,16H,1H3,(H,17,18,19). The van der Waals surface area contributed by atoms with E-state index in [2.05, 4.69) is 26.6 Å². The van der Waals surface area contributed by atoms with Gasteiger partial charge in [0, 0.05) is 5.69 Å². The van der Waals surface area contributed by atoms with Crippen LogP contribution < -0.4 is 10.6 Å². The summed E-state index contributed by atoms with van der Waals surface area (Å²) in [7, 11) is 0.